The van der Waals surface area contributed by atoms with E-state index in [4.69, 9.17) is 24.9 Å². The van der Waals surface area contributed by atoms with Crippen molar-refractivity contribution < 1.29 is 0 Å². The lowest BCUT2D eigenvalue weighted by atomic mass is 9.81. The van der Waals surface area contributed by atoms with E-state index in [9.17, 15) is 0 Å². The Hall–Kier alpha value is -16.8. The molecule has 0 fully saturated rings. The summed E-state index contributed by atoms with van der Waals surface area (Å²) >= 11 is 0. The number of pyridine rings is 4. The lowest BCUT2D eigenvalue weighted by Gasteiger charge is -2.22. The van der Waals surface area contributed by atoms with E-state index in [1.807, 2.05) is 12.1 Å². The summed E-state index contributed by atoms with van der Waals surface area (Å²) in [6.45, 7) is 4.70. The third-order valence-electron chi connectivity index (χ3n) is 26.8. The van der Waals surface area contributed by atoms with Crippen LogP contribution in [0.3, 0.4) is 0 Å². The zero-order chi connectivity index (χ0) is 83.7. The van der Waals surface area contributed by atoms with E-state index >= 15 is 0 Å². The summed E-state index contributed by atoms with van der Waals surface area (Å²) in [5, 5.41) is 20.8. The van der Waals surface area contributed by atoms with Gasteiger partial charge in [0.2, 0.25) is 0 Å². The first kappa shape index (κ1) is 71.9. The second-order valence-corrected chi connectivity index (χ2v) is 34.2. The summed E-state index contributed by atoms with van der Waals surface area (Å²) in [6.07, 6.45) is 0. The first-order valence-electron chi connectivity index (χ1n) is 43.5. The van der Waals surface area contributed by atoms with Crippen LogP contribution in [0, 0.1) is 0 Å². The van der Waals surface area contributed by atoms with Gasteiger partial charge in [-0.05, 0) is 227 Å². The Bertz CT molecular complexity index is 9330. The standard InChI is InChI=1S/C42H26N4.C38H23N3.C38H26N2/c1-2-11-31(12-3-1)45-38-16-8-6-14-35(38)43-41(45)29-20-18-27(19-21-29)30-23-25-37-34(26-30)40-32-13-5-4-10-28(32)22-24-33(40)42-44-36-15-7-9-17-39(36)46(37)42;1-2-10-26-22-27(17-16-24(26)8-1)32-13-7-14-33(39-32)28-19-21-35-31(23-28)37-29-11-4-3-9-25(29)18-20-30(37)38-40-34-12-5-6-15-36(34)41(35)38;1-38(2)31-12-6-5-11-27(31)28-18-16-25(22-32(28)38)24-17-20-34-30(21-24)36-26-10-4-3-9-23(26)15-19-29(36)37-39-33-13-7-8-14-35(33)40(34)37/h1-26H;1-23H;3-22H,1-2H3. The van der Waals surface area contributed by atoms with Crippen molar-refractivity contribution in [1.29, 1.82) is 0 Å². The predicted octanol–water partition coefficient (Wildman–Crippen LogP) is 30.4. The minimum absolute atomic E-state index is 0.0242. The second-order valence-electron chi connectivity index (χ2n) is 34.2. The Morgan fingerprint density at radius 1 is 0.205 bits per heavy atom. The van der Waals surface area contributed by atoms with E-state index in [0.29, 0.717) is 0 Å². The summed E-state index contributed by atoms with van der Waals surface area (Å²) in [4.78, 5) is 25.6. The van der Waals surface area contributed by atoms with Crippen LogP contribution in [0.2, 0.25) is 0 Å². The molecule has 0 N–H and O–H groups in total. The monoisotopic (exact) mass is 1620 g/mol. The van der Waals surface area contributed by atoms with Gasteiger partial charge >= 0.3 is 0 Å². The maximum Gasteiger partial charge on any atom is 0.146 e. The normalized spacial score (nSPS) is 12.6. The molecule has 27 aromatic rings. The van der Waals surface area contributed by atoms with Gasteiger partial charge in [-0.3, -0.25) is 17.8 Å². The zero-order valence-corrected chi connectivity index (χ0v) is 69.4. The number of para-hydroxylation sites is 9. The molecular weight excluding hydrogens is 1540 g/mol. The highest BCUT2D eigenvalue weighted by molar-refractivity contribution is 6.27. The molecule has 0 spiro atoms. The molecular formula is C118H75N9. The Labute approximate surface area is 728 Å². The van der Waals surface area contributed by atoms with Gasteiger partial charge in [0.1, 0.15) is 22.8 Å². The van der Waals surface area contributed by atoms with Gasteiger partial charge in [-0.15, -0.1) is 0 Å². The first-order chi connectivity index (χ1) is 62.7. The predicted molar refractivity (Wildman–Crippen MR) is 530 cm³/mol. The van der Waals surface area contributed by atoms with Crippen LogP contribution in [0.4, 0.5) is 0 Å². The average Bonchev–Trinajstić information content (AvgIpc) is 1.63. The molecule has 0 bridgehead atoms. The van der Waals surface area contributed by atoms with Gasteiger partial charge in [0, 0.05) is 76.3 Å². The van der Waals surface area contributed by atoms with Gasteiger partial charge in [0.25, 0.3) is 0 Å². The van der Waals surface area contributed by atoms with Crippen molar-refractivity contribution in [2.24, 2.45) is 0 Å². The number of imidazole rings is 4. The summed E-state index contributed by atoms with van der Waals surface area (Å²) < 4.78 is 9.22. The molecule has 0 amide bonds. The van der Waals surface area contributed by atoms with Crippen molar-refractivity contribution in [3.8, 4) is 73.0 Å². The Morgan fingerprint density at radius 2 is 0.575 bits per heavy atom. The molecule has 0 atom stereocenters. The summed E-state index contributed by atoms with van der Waals surface area (Å²) in [7, 11) is 0. The van der Waals surface area contributed by atoms with Crippen molar-refractivity contribution in [1.82, 2.24) is 42.7 Å². The van der Waals surface area contributed by atoms with Crippen molar-refractivity contribution in [3.05, 3.63) is 430 Å². The van der Waals surface area contributed by atoms with Gasteiger partial charge in [0.15, 0.2) is 0 Å². The molecule has 9 nitrogen and oxygen atoms in total. The number of hydrogen-bond donors (Lipinski definition) is 0. The van der Waals surface area contributed by atoms with Crippen LogP contribution in [-0.4, -0.2) is 42.7 Å². The summed E-state index contributed by atoms with van der Waals surface area (Å²) in [5.74, 6) is 0.935. The fourth-order valence-corrected chi connectivity index (χ4v) is 20.8. The van der Waals surface area contributed by atoms with Crippen LogP contribution in [0.25, 0.3) is 242 Å². The number of rotatable bonds is 6. The topological polar surface area (TPSA) is 82.6 Å². The molecule has 0 saturated heterocycles. The van der Waals surface area contributed by atoms with Gasteiger partial charge in [-0.1, -0.05) is 293 Å². The van der Waals surface area contributed by atoms with Crippen molar-refractivity contribution in [2.45, 2.75) is 19.3 Å². The fourth-order valence-electron chi connectivity index (χ4n) is 20.8. The highest BCUT2D eigenvalue weighted by Crippen LogP contribution is 2.51. The van der Waals surface area contributed by atoms with Crippen molar-refractivity contribution in [3.63, 3.8) is 0 Å². The molecule has 0 unspecified atom stereocenters. The molecule has 127 heavy (non-hydrogen) atoms. The molecule has 19 aromatic carbocycles. The maximum atomic E-state index is 5.15. The van der Waals surface area contributed by atoms with E-state index in [2.05, 4.69) is 438 Å². The van der Waals surface area contributed by atoms with Crippen LogP contribution in [-0.2, 0) is 5.41 Å². The SMILES string of the molecule is CC1(C)c2ccccc2-c2ccc(-c3ccc4c(c3)c3c5ccccc5ccc3c3nc5ccccc5n43)cc21.c1cc(-c2ccc3ccccc3c2)nc(-c2ccc3c(c2)c2c4ccccc4ccc2c2nc4ccccc4n32)c1.c1ccc(-n2c(-c3ccc(-c4ccc5c(c4)c4c6ccccc6ccc4c4nc6ccccc6n54)cc3)nc3ccccc32)cc1. The van der Waals surface area contributed by atoms with Gasteiger partial charge in [-0.2, -0.15) is 0 Å². The van der Waals surface area contributed by atoms with Crippen LogP contribution >= 0.6 is 0 Å². The molecule has 1 aliphatic rings. The highest BCUT2D eigenvalue weighted by Gasteiger charge is 2.36. The second kappa shape index (κ2) is 28.2. The van der Waals surface area contributed by atoms with E-state index < -0.39 is 0 Å². The number of aromatic nitrogens is 9. The molecule has 0 saturated carbocycles. The smallest absolute Gasteiger partial charge is 0.146 e. The highest BCUT2D eigenvalue weighted by atomic mass is 15.1. The van der Waals surface area contributed by atoms with Gasteiger partial charge in [-0.25, -0.2) is 24.9 Å². The van der Waals surface area contributed by atoms with E-state index in [0.717, 1.165) is 128 Å². The molecule has 8 heterocycles. The molecule has 9 heteroatoms. The molecule has 0 radical (unpaired) electrons. The quantitative estimate of drug-likeness (QED) is 0.155. The molecule has 0 aliphatic heterocycles. The van der Waals surface area contributed by atoms with Crippen LogP contribution in [0.15, 0.2) is 419 Å². The lowest BCUT2D eigenvalue weighted by Crippen LogP contribution is -2.14. The van der Waals surface area contributed by atoms with E-state index in [-0.39, 0.29) is 5.41 Å². The molecule has 28 rings (SSSR count). The van der Waals surface area contributed by atoms with Crippen molar-refractivity contribution >= 4 is 169 Å². The molecule has 1 aliphatic carbocycles. The van der Waals surface area contributed by atoms with E-state index in [1.54, 1.807) is 0 Å². The number of fused-ring (bicyclic) bond motifs is 35. The average molecular weight is 1620 g/mol. The minimum Gasteiger partial charge on any atom is -0.292 e. The third-order valence-corrected chi connectivity index (χ3v) is 26.8. The Balaban J connectivity index is 0.000000101. The van der Waals surface area contributed by atoms with Crippen LogP contribution in [0.5, 0.6) is 0 Å². The molecule has 592 valence electrons. The summed E-state index contributed by atoms with van der Waals surface area (Å²) in [5.41, 5.74) is 31.6. The van der Waals surface area contributed by atoms with Gasteiger partial charge in [0.05, 0.1) is 72.1 Å². The van der Waals surface area contributed by atoms with Crippen LogP contribution < -0.4 is 0 Å². The Morgan fingerprint density at radius 3 is 1.11 bits per heavy atom. The van der Waals surface area contributed by atoms with Gasteiger partial charge < -0.3 is 0 Å². The first-order valence-corrected chi connectivity index (χ1v) is 43.5. The number of nitrogens with zero attached hydrogens (tertiary/aromatic N) is 9. The number of benzene rings is 19. The fraction of sp³-hybridized carbons (Fsp3) is 0.0254. The Kier molecular flexibility index (Phi) is 15.9. The van der Waals surface area contributed by atoms with E-state index in [1.165, 1.54) is 125 Å². The molecule has 8 aromatic heterocycles. The van der Waals surface area contributed by atoms with Crippen molar-refractivity contribution in [2.75, 3.05) is 0 Å². The third kappa shape index (κ3) is 11.2. The largest absolute Gasteiger partial charge is 0.292 e. The summed E-state index contributed by atoms with van der Waals surface area (Å²) in [6, 6.07) is 150. The number of hydrogen-bond acceptors (Lipinski definition) is 5. The lowest BCUT2D eigenvalue weighted by molar-refractivity contribution is 0.660. The maximum absolute atomic E-state index is 5.15. The van der Waals surface area contributed by atoms with Crippen LogP contribution in [0.1, 0.15) is 25.0 Å². The minimum atomic E-state index is -0.0242. The zero-order valence-electron chi connectivity index (χ0n) is 69.4.